The van der Waals surface area contributed by atoms with Crippen molar-refractivity contribution in [2.24, 2.45) is 0 Å². The zero-order chi connectivity index (χ0) is 34.7. The summed E-state index contributed by atoms with van der Waals surface area (Å²) < 4.78 is 4.63. The first-order chi connectivity index (χ1) is 23.6. The Labute approximate surface area is 283 Å². The summed E-state index contributed by atoms with van der Waals surface area (Å²) in [7, 11) is 1.27. The van der Waals surface area contributed by atoms with Crippen LogP contribution in [0.1, 0.15) is 63.3 Å². The standard InChI is InChI=1S/C35H40N8O6/c1-20(38-34(46)47)32(44)42-16-4-6-28(42)30-36-18-26(40-30)24-12-8-22(9-13-24)23-10-14-25(15-11-23)27-19-37-31(41-27)29-7-5-17-43(29)33(45)21(2)39-35(48)49-3/h8-15,18-21,28-29,38H,4-7,16-17H2,1-3H3,(H,36,40)(H,37,41)(H,39,48)(H,46,47)/t20-,21-,28+,29+/m1/s1. The molecule has 6 rings (SSSR count). The highest BCUT2D eigenvalue weighted by atomic mass is 16.5. The van der Waals surface area contributed by atoms with Gasteiger partial charge in [0.05, 0.1) is 43.0 Å². The minimum Gasteiger partial charge on any atom is -0.465 e. The molecular weight excluding hydrogens is 628 g/mol. The molecule has 0 radical (unpaired) electrons. The number of nitrogens with zero attached hydrogens (tertiary/aromatic N) is 4. The summed E-state index contributed by atoms with van der Waals surface area (Å²) in [6, 6.07) is 14.3. The molecular formula is C35H40N8O6. The summed E-state index contributed by atoms with van der Waals surface area (Å²) in [5.74, 6) is 0.954. The smallest absolute Gasteiger partial charge is 0.407 e. The average molecular weight is 669 g/mol. The number of imidazole rings is 2. The van der Waals surface area contributed by atoms with E-state index >= 15 is 0 Å². The van der Waals surface area contributed by atoms with Crippen LogP contribution in [-0.4, -0.2) is 91.1 Å². The molecule has 2 aromatic heterocycles. The number of rotatable bonds is 9. The van der Waals surface area contributed by atoms with Crippen molar-refractivity contribution < 1.29 is 29.0 Å². The molecule has 2 aromatic carbocycles. The molecule has 0 spiro atoms. The van der Waals surface area contributed by atoms with Crippen molar-refractivity contribution in [1.82, 2.24) is 40.4 Å². The number of alkyl carbamates (subject to hydrolysis) is 1. The fourth-order valence-corrected chi connectivity index (χ4v) is 6.66. The van der Waals surface area contributed by atoms with E-state index in [-0.39, 0.29) is 23.9 Å². The second-order valence-corrected chi connectivity index (χ2v) is 12.4. The third-order valence-corrected chi connectivity index (χ3v) is 9.22. The van der Waals surface area contributed by atoms with Crippen molar-refractivity contribution in [2.75, 3.05) is 20.2 Å². The number of nitrogens with one attached hydrogen (secondary N) is 4. The predicted octanol–water partition coefficient (Wildman–Crippen LogP) is 4.86. The molecule has 4 heterocycles. The molecule has 2 aliphatic rings. The van der Waals surface area contributed by atoms with Crippen LogP contribution in [0.2, 0.25) is 0 Å². The third kappa shape index (κ3) is 7.12. The van der Waals surface area contributed by atoms with Crippen LogP contribution in [0.15, 0.2) is 60.9 Å². The Bertz CT molecular complexity index is 1820. The second-order valence-electron chi connectivity index (χ2n) is 12.4. The predicted molar refractivity (Wildman–Crippen MR) is 180 cm³/mol. The van der Waals surface area contributed by atoms with Crippen LogP contribution in [0.4, 0.5) is 9.59 Å². The van der Waals surface area contributed by atoms with Gasteiger partial charge in [-0.3, -0.25) is 9.59 Å². The summed E-state index contributed by atoms with van der Waals surface area (Å²) in [5, 5.41) is 13.8. The van der Waals surface area contributed by atoms with E-state index in [0.717, 1.165) is 59.3 Å². The fraction of sp³-hybridized carbons (Fsp3) is 0.371. The molecule has 5 N–H and O–H groups in total. The van der Waals surface area contributed by atoms with Crippen molar-refractivity contribution in [2.45, 2.75) is 63.7 Å². The van der Waals surface area contributed by atoms with Crippen LogP contribution in [0, 0.1) is 0 Å². The monoisotopic (exact) mass is 668 g/mol. The number of H-pyrrole nitrogens is 2. The number of amides is 4. The first-order valence-electron chi connectivity index (χ1n) is 16.4. The largest absolute Gasteiger partial charge is 0.465 e. The van der Waals surface area contributed by atoms with E-state index < -0.39 is 24.3 Å². The Morgan fingerprint density at radius 2 is 1.14 bits per heavy atom. The maximum absolute atomic E-state index is 13.0. The van der Waals surface area contributed by atoms with Gasteiger partial charge in [-0.25, -0.2) is 19.6 Å². The maximum atomic E-state index is 13.0. The average Bonchev–Trinajstić information content (AvgIpc) is 3.94. The van der Waals surface area contributed by atoms with E-state index in [4.69, 9.17) is 5.11 Å². The number of likely N-dealkylation sites (tertiary alicyclic amines) is 2. The van der Waals surface area contributed by atoms with Gasteiger partial charge in [-0.05, 0) is 61.8 Å². The number of carbonyl (C=O) groups is 4. The summed E-state index contributed by atoms with van der Waals surface area (Å²) in [6.45, 7) is 4.34. The number of aromatic nitrogens is 4. The molecule has 256 valence electrons. The highest BCUT2D eigenvalue weighted by Crippen LogP contribution is 2.34. The van der Waals surface area contributed by atoms with Crippen molar-refractivity contribution in [1.29, 1.82) is 0 Å². The van der Waals surface area contributed by atoms with Crippen LogP contribution >= 0.6 is 0 Å². The number of carboxylic acid groups (broad SMARTS) is 1. The molecule has 0 unspecified atom stereocenters. The zero-order valence-corrected chi connectivity index (χ0v) is 27.6. The van der Waals surface area contributed by atoms with E-state index in [9.17, 15) is 19.2 Å². The van der Waals surface area contributed by atoms with Crippen LogP contribution in [0.25, 0.3) is 33.6 Å². The van der Waals surface area contributed by atoms with Crippen LogP contribution in [0.3, 0.4) is 0 Å². The molecule has 0 bridgehead atoms. The quantitative estimate of drug-likeness (QED) is 0.167. The number of benzene rings is 2. The van der Waals surface area contributed by atoms with Gasteiger partial charge in [0, 0.05) is 13.1 Å². The SMILES string of the molecule is COC(=O)N[C@H](C)C(=O)N1CCC[C@H]1c1ncc(-c2ccc(-c3ccc(-c4cnc([C@@H]5CCCN5C(=O)[C@@H](C)NC(=O)O)[nH]4)cc3)cc2)[nH]1. The summed E-state index contributed by atoms with van der Waals surface area (Å²) in [4.78, 5) is 68.0. The van der Waals surface area contributed by atoms with Gasteiger partial charge in [0.15, 0.2) is 0 Å². The second kappa shape index (κ2) is 14.2. The van der Waals surface area contributed by atoms with Crippen LogP contribution in [-0.2, 0) is 14.3 Å². The van der Waals surface area contributed by atoms with E-state index in [2.05, 4.69) is 47.4 Å². The molecule has 2 saturated heterocycles. The van der Waals surface area contributed by atoms with Crippen LogP contribution < -0.4 is 10.6 Å². The van der Waals surface area contributed by atoms with Gasteiger partial charge in [-0.15, -0.1) is 0 Å². The van der Waals surface area contributed by atoms with E-state index in [0.29, 0.717) is 24.7 Å². The summed E-state index contributed by atoms with van der Waals surface area (Å²) in [5.41, 5.74) is 5.69. The van der Waals surface area contributed by atoms with Gasteiger partial charge < -0.3 is 40.2 Å². The first kappa shape index (κ1) is 33.2. The highest BCUT2D eigenvalue weighted by Gasteiger charge is 2.36. The molecule has 14 heteroatoms. The number of aromatic amines is 2. The van der Waals surface area contributed by atoms with E-state index in [1.54, 1.807) is 36.0 Å². The Balaban J connectivity index is 1.10. The van der Waals surface area contributed by atoms with Gasteiger partial charge >= 0.3 is 12.2 Å². The number of hydrogen-bond acceptors (Lipinski definition) is 7. The Morgan fingerprint density at radius 3 is 1.55 bits per heavy atom. The van der Waals surface area contributed by atoms with E-state index in [1.165, 1.54) is 7.11 Å². The topological polar surface area (TPSA) is 186 Å². The Morgan fingerprint density at radius 1 is 0.735 bits per heavy atom. The molecule has 14 nitrogen and oxygen atoms in total. The lowest BCUT2D eigenvalue weighted by molar-refractivity contribution is -0.134. The molecule has 0 saturated carbocycles. The zero-order valence-electron chi connectivity index (χ0n) is 27.6. The minimum absolute atomic E-state index is 0.177. The molecule has 49 heavy (non-hydrogen) atoms. The van der Waals surface area contributed by atoms with Crippen LogP contribution in [0.5, 0.6) is 0 Å². The molecule has 2 fully saturated rings. The normalized spacial score (nSPS) is 18.6. The molecule has 2 aliphatic heterocycles. The lowest BCUT2D eigenvalue weighted by Crippen LogP contribution is -2.46. The lowest BCUT2D eigenvalue weighted by Gasteiger charge is -2.26. The van der Waals surface area contributed by atoms with Gasteiger partial charge in [-0.2, -0.15) is 0 Å². The number of ether oxygens (including phenoxy) is 1. The van der Waals surface area contributed by atoms with E-state index in [1.807, 2.05) is 36.4 Å². The van der Waals surface area contributed by atoms with Gasteiger partial charge in [0.25, 0.3) is 0 Å². The lowest BCUT2D eigenvalue weighted by atomic mass is 10.0. The van der Waals surface area contributed by atoms with Crippen molar-refractivity contribution in [3.8, 4) is 33.6 Å². The van der Waals surface area contributed by atoms with Gasteiger partial charge in [-0.1, -0.05) is 48.5 Å². The minimum atomic E-state index is -1.23. The molecule has 4 aromatic rings. The van der Waals surface area contributed by atoms with Crippen molar-refractivity contribution >= 4 is 24.0 Å². The highest BCUT2D eigenvalue weighted by molar-refractivity contribution is 5.86. The van der Waals surface area contributed by atoms with Crippen molar-refractivity contribution in [3.05, 3.63) is 72.6 Å². The fourth-order valence-electron chi connectivity index (χ4n) is 6.66. The third-order valence-electron chi connectivity index (χ3n) is 9.22. The molecule has 0 aliphatic carbocycles. The first-order valence-corrected chi connectivity index (χ1v) is 16.4. The number of hydrogen-bond donors (Lipinski definition) is 5. The van der Waals surface area contributed by atoms with Gasteiger partial charge in [0.2, 0.25) is 11.8 Å². The molecule has 4 amide bonds. The summed E-state index contributed by atoms with van der Waals surface area (Å²) in [6.07, 6.45) is 4.87. The number of methoxy groups -OCH3 is 1. The Kier molecular flexibility index (Phi) is 9.65. The Hall–Kier alpha value is -5.66. The number of carbonyl (C=O) groups excluding carboxylic acids is 3. The molecule has 4 atom stereocenters. The maximum Gasteiger partial charge on any atom is 0.407 e. The van der Waals surface area contributed by atoms with Gasteiger partial charge in [0.1, 0.15) is 23.7 Å². The summed E-state index contributed by atoms with van der Waals surface area (Å²) >= 11 is 0. The van der Waals surface area contributed by atoms with Crippen molar-refractivity contribution in [3.63, 3.8) is 0 Å².